The SMILES string of the molecule is Cc1ccc(CCC(C)(C)c2ccc(CC(C)C)cc2)nc1. The van der Waals surface area contributed by atoms with Crippen LogP contribution in [-0.4, -0.2) is 4.98 Å². The normalized spacial score (nSPS) is 11.9. The summed E-state index contributed by atoms with van der Waals surface area (Å²) in [6.45, 7) is 11.3. The first-order chi connectivity index (χ1) is 10.4. The Bertz CT molecular complexity index is 576. The van der Waals surface area contributed by atoms with E-state index in [1.807, 2.05) is 6.20 Å². The number of aryl methyl sites for hydroxylation is 2. The van der Waals surface area contributed by atoms with E-state index in [0.29, 0.717) is 5.92 Å². The summed E-state index contributed by atoms with van der Waals surface area (Å²) < 4.78 is 0. The molecule has 1 nitrogen and oxygen atoms in total. The molecule has 0 aliphatic heterocycles. The number of hydrogen-bond donors (Lipinski definition) is 0. The second-order valence-electron chi connectivity index (χ2n) is 7.51. The van der Waals surface area contributed by atoms with Crippen LogP contribution in [0.15, 0.2) is 42.6 Å². The van der Waals surface area contributed by atoms with Gasteiger partial charge in [-0.25, -0.2) is 0 Å². The summed E-state index contributed by atoms with van der Waals surface area (Å²) in [7, 11) is 0. The van der Waals surface area contributed by atoms with E-state index >= 15 is 0 Å². The fourth-order valence-corrected chi connectivity index (χ4v) is 2.79. The number of rotatable bonds is 6. The highest BCUT2D eigenvalue weighted by Gasteiger charge is 2.20. The summed E-state index contributed by atoms with van der Waals surface area (Å²) in [5.74, 6) is 0.714. The Morgan fingerprint density at radius 2 is 1.68 bits per heavy atom. The molecule has 118 valence electrons. The van der Waals surface area contributed by atoms with Gasteiger partial charge < -0.3 is 0 Å². The van der Waals surface area contributed by atoms with E-state index in [4.69, 9.17) is 0 Å². The van der Waals surface area contributed by atoms with Crippen LogP contribution in [0.3, 0.4) is 0 Å². The van der Waals surface area contributed by atoms with Crippen LogP contribution in [0.5, 0.6) is 0 Å². The van der Waals surface area contributed by atoms with Gasteiger partial charge in [0, 0.05) is 11.9 Å². The van der Waals surface area contributed by atoms with Crippen LogP contribution in [0.4, 0.5) is 0 Å². The Kier molecular flexibility index (Phi) is 5.39. The number of benzene rings is 1. The number of nitrogens with zero attached hydrogens (tertiary/aromatic N) is 1. The maximum Gasteiger partial charge on any atom is 0.0404 e. The van der Waals surface area contributed by atoms with E-state index in [1.165, 1.54) is 22.4 Å². The smallest absolute Gasteiger partial charge is 0.0404 e. The first-order valence-electron chi connectivity index (χ1n) is 8.38. The zero-order valence-corrected chi connectivity index (χ0v) is 14.7. The van der Waals surface area contributed by atoms with E-state index < -0.39 is 0 Å². The number of hydrogen-bond acceptors (Lipinski definition) is 1. The molecule has 0 aliphatic carbocycles. The van der Waals surface area contributed by atoms with Crippen LogP contribution in [0.25, 0.3) is 0 Å². The van der Waals surface area contributed by atoms with Crippen LogP contribution in [-0.2, 0) is 18.3 Å². The molecule has 0 unspecified atom stereocenters. The molecule has 1 heteroatoms. The van der Waals surface area contributed by atoms with Crippen molar-refractivity contribution < 1.29 is 0 Å². The molecule has 0 saturated heterocycles. The molecule has 2 rings (SSSR count). The molecular formula is C21H29N. The van der Waals surface area contributed by atoms with Gasteiger partial charge in [0.05, 0.1) is 0 Å². The number of aromatic nitrogens is 1. The quantitative estimate of drug-likeness (QED) is 0.686. The van der Waals surface area contributed by atoms with Crippen molar-refractivity contribution in [3.05, 3.63) is 65.0 Å². The molecule has 1 heterocycles. The third-order valence-electron chi connectivity index (χ3n) is 4.36. The zero-order valence-electron chi connectivity index (χ0n) is 14.7. The molecule has 1 aromatic carbocycles. The molecule has 0 saturated carbocycles. The predicted octanol–water partition coefficient (Wildman–Crippen LogP) is 5.50. The van der Waals surface area contributed by atoms with E-state index in [1.54, 1.807) is 0 Å². The maximum atomic E-state index is 4.52. The Morgan fingerprint density at radius 1 is 1.00 bits per heavy atom. The van der Waals surface area contributed by atoms with Crippen LogP contribution in [0.1, 0.15) is 56.5 Å². The van der Waals surface area contributed by atoms with Crippen molar-refractivity contribution >= 4 is 0 Å². The molecule has 0 N–H and O–H groups in total. The number of pyridine rings is 1. The maximum absolute atomic E-state index is 4.52. The van der Waals surface area contributed by atoms with Gasteiger partial charge in [0.1, 0.15) is 0 Å². The lowest BCUT2D eigenvalue weighted by atomic mass is 9.79. The summed E-state index contributed by atoms with van der Waals surface area (Å²) in [6.07, 6.45) is 5.27. The fourth-order valence-electron chi connectivity index (χ4n) is 2.79. The van der Waals surface area contributed by atoms with Gasteiger partial charge in [-0.3, -0.25) is 4.98 Å². The second-order valence-corrected chi connectivity index (χ2v) is 7.51. The molecule has 22 heavy (non-hydrogen) atoms. The Morgan fingerprint density at radius 3 is 2.23 bits per heavy atom. The molecule has 1 aromatic heterocycles. The van der Waals surface area contributed by atoms with Gasteiger partial charge in [-0.15, -0.1) is 0 Å². The van der Waals surface area contributed by atoms with Gasteiger partial charge in [0.25, 0.3) is 0 Å². The molecule has 0 spiro atoms. The first kappa shape index (κ1) is 16.7. The summed E-state index contributed by atoms with van der Waals surface area (Å²) in [5.41, 5.74) is 5.46. The molecule has 0 fully saturated rings. The predicted molar refractivity (Wildman–Crippen MR) is 95.3 cm³/mol. The van der Waals surface area contributed by atoms with Crippen molar-refractivity contribution in [1.82, 2.24) is 4.98 Å². The van der Waals surface area contributed by atoms with Crippen molar-refractivity contribution in [2.45, 2.75) is 59.3 Å². The summed E-state index contributed by atoms with van der Waals surface area (Å²) in [4.78, 5) is 4.52. The van der Waals surface area contributed by atoms with Gasteiger partial charge in [-0.1, -0.05) is 58.0 Å². The fraction of sp³-hybridized carbons (Fsp3) is 0.476. The van der Waals surface area contributed by atoms with Crippen molar-refractivity contribution in [3.8, 4) is 0 Å². The molecule has 0 bridgehead atoms. The third kappa shape index (κ3) is 4.69. The van der Waals surface area contributed by atoms with E-state index in [-0.39, 0.29) is 5.41 Å². The molecule has 0 amide bonds. The minimum atomic E-state index is 0.183. The highest BCUT2D eigenvalue weighted by atomic mass is 14.7. The highest BCUT2D eigenvalue weighted by Crippen LogP contribution is 2.29. The Hall–Kier alpha value is -1.63. The minimum absolute atomic E-state index is 0.183. The molecule has 0 aliphatic rings. The summed E-state index contributed by atoms with van der Waals surface area (Å²) in [6, 6.07) is 13.5. The molecule has 0 atom stereocenters. The molecule has 0 radical (unpaired) electrons. The van der Waals surface area contributed by atoms with Gasteiger partial charge in [0.15, 0.2) is 0 Å². The van der Waals surface area contributed by atoms with Crippen LogP contribution in [0.2, 0.25) is 0 Å². The standard InChI is InChI=1S/C21H29N/c1-16(2)14-18-7-9-19(10-8-18)21(4,5)13-12-20-11-6-17(3)15-22-20/h6-11,15-16H,12-14H2,1-5H3. The van der Waals surface area contributed by atoms with E-state index in [0.717, 1.165) is 19.3 Å². The van der Waals surface area contributed by atoms with Crippen LogP contribution < -0.4 is 0 Å². The largest absolute Gasteiger partial charge is 0.261 e. The molecular weight excluding hydrogens is 266 g/mol. The van der Waals surface area contributed by atoms with Gasteiger partial charge in [-0.05, 0) is 60.3 Å². The van der Waals surface area contributed by atoms with Crippen LogP contribution in [0, 0.1) is 12.8 Å². The summed E-state index contributed by atoms with van der Waals surface area (Å²) in [5, 5.41) is 0. The van der Waals surface area contributed by atoms with Crippen molar-refractivity contribution in [3.63, 3.8) is 0 Å². The Labute approximate surface area is 135 Å². The minimum Gasteiger partial charge on any atom is -0.261 e. The Balaban J connectivity index is 2.01. The average molecular weight is 295 g/mol. The van der Waals surface area contributed by atoms with Gasteiger partial charge in [-0.2, -0.15) is 0 Å². The van der Waals surface area contributed by atoms with Crippen LogP contribution >= 0.6 is 0 Å². The van der Waals surface area contributed by atoms with E-state index in [2.05, 4.69) is 76.0 Å². The van der Waals surface area contributed by atoms with Gasteiger partial charge in [0.2, 0.25) is 0 Å². The average Bonchev–Trinajstić information content (AvgIpc) is 2.47. The van der Waals surface area contributed by atoms with Crippen molar-refractivity contribution in [1.29, 1.82) is 0 Å². The highest BCUT2D eigenvalue weighted by molar-refractivity contribution is 5.28. The lowest BCUT2D eigenvalue weighted by molar-refractivity contribution is 0.477. The van der Waals surface area contributed by atoms with E-state index in [9.17, 15) is 0 Å². The van der Waals surface area contributed by atoms with Crippen molar-refractivity contribution in [2.75, 3.05) is 0 Å². The topological polar surface area (TPSA) is 12.9 Å². The lowest BCUT2D eigenvalue weighted by Crippen LogP contribution is -2.18. The second kappa shape index (κ2) is 7.09. The van der Waals surface area contributed by atoms with Gasteiger partial charge >= 0.3 is 0 Å². The monoisotopic (exact) mass is 295 g/mol. The first-order valence-corrected chi connectivity index (χ1v) is 8.38. The summed E-state index contributed by atoms with van der Waals surface area (Å²) >= 11 is 0. The molecule has 2 aromatic rings. The van der Waals surface area contributed by atoms with Crippen molar-refractivity contribution in [2.24, 2.45) is 5.92 Å². The third-order valence-corrected chi connectivity index (χ3v) is 4.36. The zero-order chi connectivity index (χ0) is 16.2. The lowest BCUT2D eigenvalue weighted by Gasteiger charge is -2.25.